The van der Waals surface area contributed by atoms with E-state index in [-0.39, 0.29) is 0 Å². The molecular weight excluding hydrogens is 272 g/mol. The van der Waals surface area contributed by atoms with Crippen LogP contribution in [-0.2, 0) is 11.3 Å². The third-order valence-corrected chi connectivity index (χ3v) is 4.04. The Morgan fingerprint density at radius 1 is 1.25 bits per heavy atom. The standard InChI is InChI=1S/C16H19ClN2O/c17-14-6-4-13(5-7-14)16-18-9-11-19(16)10-8-15-3-1-2-12-20-15/h4-7,9,11,15H,1-3,8,10,12H2/t15-/m1/s1. The van der Waals surface area contributed by atoms with Crippen molar-refractivity contribution in [2.45, 2.75) is 38.3 Å². The molecule has 0 saturated carbocycles. The molecule has 1 aliphatic heterocycles. The first-order valence-corrected chi connectivity index (χ1v) is 7.59. The average molecular weight is 291 g/mol. The number of aromatic nitrogens is 2. The van der Waals surface area contributed by atoms with Crippen molar-refractivity contribution in [2.75, 3.05) is 6.61 Å². The van der Waals surface area contributed by atoms with E-state index in [1.54, 1.807) is 0 Å². The van der Waals surface area contributed by atoms with Gasteiger partial charge < -0.3 is 9.30 Å². The van der Waals surface area contributed by atoms with Crippen LogP contribution in [0.2, 0.25) is 5.02 Å². The molecule has 0 amide bonds. The second-order valence-electron chi connectivity index (χ2n) is 5.23. The van der Waals surface area contributed by atoms with Crippen molar-refractivity contribution in [3.63, 3.8) is 0 Å². The van der Waals surface area contributed by atoms with Crippen LogP contribution in [-0.4, -0.2) is 22.3 Å². The lowest BCUT2D eigenvalue weighted by Crippen LogP contribution is -2.20. The number of aryl methyl sites for hydroxylation is 1. The molecule has 20 heavy (non-hydrogen) atoms. The summed E-state index contributed by atoms with van der Waals surface area (Å²) >= 11 is 5.93. The first-order chi connectivity index (χ1) is 9.83. The molecule has 3 rings (SSSR count). The molecule has 0 bridgehead atoms. The molecule has 1 fully saturated rings. The van der Waals surface area contributed by atoms with E-state index in [4.69, 9.17) is 16.3 Å². The topological polar surface area (TPSA) is 27.1 Å². The van der Waals surface area contributed by atoms with Crippen LogP contribution in [0.4, 0.5) is 0 Å². The summed E-state index contributed by atoms with van der Waals surface area (Å²) in [7, 11) is 0. The lowest BCUT2D eigenvalue weighted by molar-refractivity contribution is 0.00887. The fourth-order valence-electron chi connectivity index (χ4n) is 2.67. The maximum Gasteiger partial charge on any atom is 0.139 e. The van der Waals surface area contributed by atoms with Gasteiger partial charge in [-0.3, -0.25) is 0 Å². The van der Waals surface area contributed by atoms with Gasteiger partial charge in [-0.25, -0.2) is 4.98 Å². The second-order valence-corrected chi connectivity index (χ2v) is 5.66. The first-order valence-electron chi connectivity index (χ1n) is 7.21. The van der Waals surface area contributed by atoms with Gasteiger partial charge in [0.05, 0.1) is 6.10 Å². The molecule has 106 valence electrons. The van der Waals surface area contributed by atoms with Crippen LogP contribution in [0.15, 0.2) is 36.7 Å². The SMILES string of the molecule is Clc1ccc(-c2nccn2CC[C@H]2CCCCO2)cc1. The van der Waals surface area contributed by atoms with Crippen molar-refractivity contribution < 1.29 is 4.74 Å². The second kappa shape index (κ2) is 6.42. The van der Waals surface area contributed by atoms with Crippen molar-refractivity contribution in [1.82, 2.24) is 9.55 Å². The molecule has 2 aromatic rings. The molecule has 1 atom stereocenters. The minimum atomic E-state index is 0.407. The van der Waals surface area contributed by atoms with E-state index < -0.39 is 0 Å². The Hall–Kier alpha value is -1.32. The fraction of sp³-hybridized carbons (Fsp3) is 0.438. The van der Waals surface area contributed by atoms with Gasteiger partial charge in [-0.15, -0.1) is 0 Å². The lowest BCUT2D eigenvalue weighted by atomic mass is 10.1. The van der Waals surface area contributed by atoms with Gasteiger partial charge in [0, 0.05) is 36.1 Å². The van der Waals surface area contributed by atoms with Crippen molar-refractivity contribution in [3.8, 4) is 11.4 Å². The third-order valence-electron chi connectivity index (χ3n) is 3.78. The van der Waals surface area contributed by atoms with Gasteiger partial charge in [-0.2, -0.15) is 0 Å². The van der Waals surface area contributed by atoms with Crippen LogP contribution in [0.5, 0.6) is 0 Å². The number of ether oxygens (including phenoxy) is 1. The number of hydrogen-bond acceptors (Lipinski definition) is 2. The largest absolute Gasteiger partial charge is 0.378 e. The third kappa shape index (κ3) is 3.22. The van der Waals surface area contributed by atoms with Gasteiger partial charge in [0.2, 0.25) is 0 Å². The molecule has 1 aromatic carbocycles. The first kappa shape index (κ1) is 13.7. The summed E-state index contributed by atoms with van der Waals surface area (Å²) in [6.45, 7) is 1.86. The summed E-state index contributed by atoms with van der Waals surface area (Å²) in [4.78, 5) is 4.46. The summed E-state index contributed by atoms with van der Waals surface area (Å²) in [6.07, 6.45) is 9.03. The predicted molar refractivity (Wildman–Crippen MR) is 80.9 cm³/mol. The zero-order chi connectivity index (χ0) is 13.8. The van der Waals surface area contributed by atoms with Gasteiger partial charge in [-0.05, 0) is 49.9 Å². The predicted octanol–water partition coefficient (Wildman–Crippen LogP) is 4.16. The monoisotopic (exact) mass is 290 g/mol. The summed E-state index contributed by atoms with van der Waals surface area (Å²) in [6, 6.07) is 7.83. The Bertz CT molecular complexity index is 544. The van der Waals surface area contributed by atoms with Crippen LogP contribution in [0.3, 0.4) is 0 Å². The lowest BCUT2D eigenvalue weighted by Gasteiger charge is -2.22. The maximum absolute atomic E-state index is 5.93. The summed E-state index contributed by atoms with van der Waals surface area (Å²) in [5.41, 5.74) is 1.10. The number of nitrogens with zero attached hydrogens (tertiary/aromatic N) is 2. The molecule has 0 aliphatic carbocycles. The van der Waals surface area contributed by atoms with Crippen LogP contribution in [0.25, 0.3) is 11.4 Å². The average Bonchev–Trinajstić information content (AvgIpc) is 2.95. The fourth-order valence-corrected chi connectivity index (χ4v) is 2.79. The molecule has 0 spiro atoms. The Labute approximate surface area is 124 Å². The smallest absolute Gasteiger partial charge is 0.139 e. The van der Waals surface area contributed by atoms with E-state index in [2.05, 4.69) is 9.55 Å². The maximum atomic E-state index is 5.93. The molecule has 3 nitrogen and oxygen atoms in total. The molecule has 2 heterocycles. The van der Waals surface area contributed by atoms with Crippen molar-refractivity contribution in [3.05, 3.63) is 41.7 Å². The zero-order valence-corrected chi connectivity index (χ0v) is 12.2. The molecule has 0 unspecified atom stereocenters. The van der Waals surface area contributed by atoms with Crippen LogP contribution >= 0.6 is 11.6 Å². The molecule has 0 N–H and O–H groups in total. The van der Waals surface area contributed by atoms with Crippen LogP contribution in [0, 0.1) is 0 Å². The zero-order valence-electron chi connectivity index (χ0n) is 11.5. The summed E-state index contributed by atoms with van der Waals surface area (Å²) in [5.74, 6) is 0.998. The van der Waals surface area contributed by atoms with E-state index in [0.717, 1.165) is 36.0 Å². The minimum absolute atomic E-state index is 0.407. The molecular formula is C16H19ClN2O. The van der Waals surface area contributed by atoms with E-state index in [1.807, 2.05) is 36.7 Å². The Morgan fingerprint density at radius 2 is 2.10 bits per heavy atom. The van der Waals surface area contributed by atoms with Gasteiger partial charge in [0.25, 0.3) is 0 Å². The van der Waals surface area contributed by atoms with E-state index in [1.165, 1.54) is 19.3 Å². The molecule has 1 aromatic heterocycles. The molecule has 0 radical (unpaired) electrons. The number of imidazole rings is 1. The number of hydrogen-bond donors (Lipinski definition) is 0. The number of benzene rings is 1. The quantitative estimate of drug-likeness (QED) is 0.845. The van der Waals surface area contributed by atoms with Crippen LogP contribution < -0.4 is 0 Å². The van der Waals surface area contributed by atoms with Crippen molar-refractivity contribution in [1.29, 1.82) is 0 Å². The highest BCUT2D eigenvalue weighted by Gasteiger charge is 2.14. The molecule has 1 aliphatic rings. The van der Waals surface area contributed by atoms with Crippen molar-refractivity contribution in [2.24, 2.45) is 0 Å². The highest BCUT2D eigenvalue weighted by molar-refractivity contribution is 6.30. The number of halogens is 1. The van der Waals surface area contributed by atoms with Crippen molar-refractivity contribution >= 4 is 11.6 Å². The molecule has 4 heteroatoms. The Kier molecular flexibility index (Phi) is 4.38. The van der Waals surface area contributed by atoms with Gasteiger partial charge in [0.15, 0.2) is 0 Å². The summed E-state index contributed by atoms with van der Waals surface area (Å²) in [5, 5.41) is 0.752. The van der Waals surface area contributed by atoms with Gasteiger partial charge in [-0.1, -0.05) is 11.6 Å². The number of rotatable bonds is 4. The van der Waals surface area contributed by atoms with Gasteiger partial charge >= 0.3 is 0 Å². The van der Waals surface area contributed by atoms with Gasteiger partial charge in [0.1, 0.15) is 5.82 Å². The normalized spacial score (nSPS) is 19.1. The minimum Gasteiger partial charge on any atom is -0.378 e. The Balaban J connectivity index is 1.68. The molecule has 1 saturated heterocycles. The summed E-state index contributed by atoms with van der Waals surface area (Å²) < 4.78 is 7.98. The highest BCUT2D eigenvalue weighted by Crippen LogP contribution is 2.22. The highest BCUT2D eigenvalue weighted by atomic mass is 35.5. The van der Waals surface area contributed by atoms with E-state index in [9.17, 15) is 0 Å². The van der Waals surface area contributed by atoms with E-state index in [0.29, 0.717) is 6.10 Å². The van der Waals surface area contributed by atoms with E-state index >= 15 is 0 Å². The van der Waals surface area contributed by atoms with Crippen LogP contribution in [0.1, 0.15) is 25.7 Å². The Morgan fingerprint density at radius 3 is 2.85 bits per heavy atom.